The summed E-state index contributed by atoms with van der Waals surface area (Å²) in [5.41, 5.74) is 1.51. The van der Waals surface area contributed by atoms with Crippen LogP contribution in [0.5, 0.6) is 0 Å². The Kier molecular flexibility index (Phi) is 8.95. The number of nitrogens with one attached hydrogen (secondary N) is 1. The molecule has 5 nitrogen and oxygen atoms in total. The van der Waals surface area contributed by atoms with Crippen molar-refractivity contribution in [2.45, 2.75) is 20.0 Å². The zero-order valence-corrected chi connectivity index (χ0v) is 20.6. The summed E-state index contributed by atoms with van der Waals surface area (Å²) in [6, 6.07) is 18.3. The summed E-state index contributed by atoms with van der Waals surface area (Å²) >= 11 is 13.7. The van der Waals surface area contributed by atoms with Crippen LogP contribution in [0.15, 0.2) is 73.3 Å². The molecule has 0 saturated heterocycles. The van der Waals surface area contributed by atoms with E-state index in [1.165, 1.54) is 9.78 Å². The number of anilines is 1. The Balaban J connectivity index is 1.74. The van der Waals surface area contributed by atoms with E-state index >= 15 is 0 Å². The summed E-state index contributed by atoms with van der Waals surface area (Å²) in [6.07, 6.45) is 1.59. The Bertz CT molecular complexity index is 1120. The molecule has 33 heavy (non-hydrogen) atoms. The van der Waals surface area contributed by atoms with Gasteiger partial charge in [-0.25, -0.2) is 4.79 Å². The molecule has 0 radical (unpaired) electrons. The fourth-order valence-corrected chi connectivity index (χ4v) is 4.41. The van der Waals surface area contributed by atoms with Gasteiger partial charge in [0.15, 0.2) is 0 Å². The Hall–Kier alpha value is -2.80. The largest absolute Gasteiger partial charge is 0.332 e. The average Bonchev–Trinajstić information content (AvgIpc) is 3.20. The fourth-order valence-electron chi connectivity index (χ4n) is 3.21. The molecule has 0 aliphatic carbocycles. The molecule has 0 aliphatic rings. The molecule has 0 aliphatic heterocycles. The lowest BCUT2D eigenvalue weighted by Gasteiger charge is -2.27. The number of rotatable bonds is 9. The third-order valence-corrected chi connectivity index (χ3v) is 6.57. The van der Waals surface area contributed by atoms with E-state index < -0.39 is 6.03 Å². The predicted molar refractivity (Wildman–Crippen MR) is 137 cm³/mol. The number of thiophene rings is 1. The topological polar surface area (TPSA) is 52.7 Å². The first-order chi connectivity index (χ1) is 15.9. The molecule has 8 heteroatoms. The van der Waals surface area contributed by atoms with Crippen LogP contribution in [0.3, 0.4) is 0 Å². The van der Waals surface area contributed by atoms with Gasteiger partial charge in [-0.2, -0.15) is 0 Å². The van der Waals surface area contributed by atoms with Gasteiger partial charge in [0, 0.05) is 28.5 Å². The standard InChI is InChI=1S/C25H25Cl2N3O2S/c1-3-13-29(25(32)28-20-10-12-22(26)23(27)14-20)17-24(31)30(15-19-7-5-4-6-8-19)16-21-11-9-18(2)33-21/h3-12,14H,1,13,15-17H2,2H3,(H,28,32). The molecule has 0 bridgehead atoms. The van der Waals surface area contributed by atoms with Crippen LogP contribution in [-0.4, -0.2) is 34.8 Å². The maximum absolute atomic E-state index is 13.3. The van der Waals surface area contributed by atoms with Gasteiger partial charge in [-0.3, -0.25) is 4.79 Å². The van der Waals surface area contributed by atoms with Crippen LogP contribution in [0.25, 0.3) is 0 Å². The predicted octanol–water partition coefficient (Wildman–Crippen LogP) is 6.61. The lowest BCUT2D eigenvalue weighted by Crippen LogP contribution is -2.44. The van der Waals surface area contributed by atoms with Crippen LogP contribution in [0.1, 0.15) is 15.3 Å². The summed E-state index contributed by atoms with van der Waals surface area (Å²) in [6.45, 7) is 6.82. The van der Waals surface area contributed by atoms with E-state index in [1.807, 2.05) is 49.4 Å². The van der Waals surface area contributed by atoms with Gasteiger partial charge in [0.25, 0.3) is 0 Å². The van der Waals surface area contributed by atoms with Crippen molar-refractivity contribution in [2.75, 3.05) is 18.4 Å². The number of carbonyl (C=O) groups is 2. The minimum Gasteiger partial charge on any atom is -0.332 e. The number of benzene rings is 2. The van der Waals surface area contributed by atoms with E-state index in [2.05, 4.69) is 11.9 Å². The summed E-state index contributed by atoms with van der Waals surface area (Å²) in [7, 11) is 0. The molecule has 172 valence electrons. The van der Waals surface area contributed by atoms with E-state index in [-0.39, 0.29) is 19.0 Å². The number of urea groups is 1. The lowest BCUT2D eigenvalue weighted by molar-refractivity contribution is -0.132. The zero-order valence-electron chi connectivity index (χ0n) is 18.3. The van der Waals surface area contributed by atoms with Gasteiger partial charge in [-0.1, -0.05) is 59.6 Å². The van der Waals surface area contributed by atoms with Gasteiger partial charge >= 0.3 is 6.03 Å². The second-order valence-electron chi connectivity index (χ2n) is 7.48. The molecule has 3 amide bonds. The van der Waals surface area contributed by atoms with Crippen molar-refractivity contribution >= 4 is 52.2 Å². The number of carbonyl (C=O) groups excluding carboxylic acids is 2. The van der Waals surface area contributed by atoms with Crippen LogP contribution in [0, 0.1) is 6.92 Å². The van der Waals surface area contributed by atoms with E-state index in [4.69, 9.17) is 23.2 Å². The van der Waals surface area contributed by atoms with Gasteiger partial charge in [-0.15, -0.1) is 17.9 Å². The summed E-state index contributed by atoms with van der Waals surface area (Å²) < 4.78 is 0. The van der Waals surface area contributed by atoms with E-state index in [0.29, 0.717) is 28.8 Å². The molecule has 1 N–H and O–H groups in total. The monoisotopic (exact) mass is 501 g/mol. The van der Waals surface area contributed by atoms with Gasteiger partial charge < -0.3 is 15.1 Å². The van der Waals surface area contributed by atoms with Crippen molar-refractivity contribution in [1.82, 2.24) is 9.80 Å². The third kappa shape index (κ3) is 7.35. The highest BCUT2D eigenvalue weighted by molar-refractivity contribution is 7.11. The smallest absolute Gasteiger partial charge is 0.322 e. The minimum absolute atomic E-state index is 0.0869. The zero-order chi connectivity index (χ0) is 23.8. The van der Waals surface area contributed by atoms with Gasteiger partial charge in [0.05, 0.1) is 16.6 Å². The minimum atomic E-state index is -0.423. The molecule has 1 heterocycles. The molecule has 0 spiro atoms. The van der Waals surface area contributed by atoms with Crippen LogP contribution in [-0.2, 0) is 17.9 Å². The van der Waals surface area contributed by atoms with E-state index in [1.54, 1.807) is 40.5 Å². The summed E-state index contributed by atoms with van der Waals surface area (Å²) in [5, 5.41) is 3.50. The summed E-state index contributed by atoms with van der Waals surface area (Å²) in [4.78, 5) is 31.7. The number of halogens is 2. The van der Waals surface area contributed by atoms with Crippen LogP contribution in [0.2, 0.25) is 10.0 Å². The van der Waals surface area contributed by atoms with Crippen molar-refractivity contribution < 1.29 is 9.59 Å². The van der Waals surface area contributed by atoms with Crippen molar-refractivity contribution in [1.29, 1.82) is 0 Å². The molecule has 0 fully saturated rings. The van der Waals surface area contributed by atoms with Crippen molar-refractivity contribution in [3.8, 4) is 0 Å². The van der Waals surface area contributed by atoms with Crippen molar-refractivity contribution in [2.24, 2.45) is 0 Å². The maximum atomic E-state index is 13.3. The lowest BCUT2D eigenvalue weighted by atomic mass is 10.2. The number of nitrogens with zero attached hydrogens (tertiary/aromatic N) is 2. The quantitative estimate of drug-likeness (QED) is 0.335. The molecule has 0 saturated carbocycles. The van der Waals surface area contributed by atoms with E-state index in [0.717, 1.165) is 10.4 Å². The highest BCUT2D eigenvalue weighted by Crippen LogP contribution is 2.25. The Morgan fingerprint density at radius 3 is 2.39 bits per heavy atom. The average molecular weight is 502 g/mol. The fraction of sp³-hybridized carbons (Fsp3) is 0.200. The molecule has 2 aromatic carbocycles. The molecule has 3 aromatic rings. The first-order valence-electron chi connectivity index (χ1n) is 10.3. The molecule has 0 atom stereocenters. The molecule has 1 aromatic heterocycles. The second-order valence-corrected chi connectivity index (χ2v) is 9.66. The molecular formula is C25H25Cl2N3O2S. The number of aryl methyl sites for hydroxylation is 1. The number of hydrogen-bond donors (Lipinski definition) is 1. The summed E-state index contributed by atoms with van der Waals surface area (Å²) in [5.74, 6) is -0.156. The van der Waals surface area contributed by atoms with Gasteiger partial charge in [0.2, 0.25) is 5.91 Å². The van der Waals surface area contributed by atoms with Crippen molar-refractivity contribution in [3.63, 3.8) is 0 Å². The van der Waals surface area contributed by atoms with Gasteiger partial charge in [-0.05, 0) is 42.8 Å². The van der Waals surface area contributed by atoms with Crippen LogP contribution < -0.4 is 5.32 Å². The highest BCUT2D eigenvalue weighted by atomic mass is 35.5. The maximum Gasteiger partial charge on any atom is 0.322 e. The number of amides is 3. The van der Waals surface area contributed by atoms with Crippen LogP contribution >= 0.6 is 34.5 Å². The van der Waals surface area contributed by atoms with Crippen LogP contribution in [0.4, 0.5) is 10.5 Å². The molecule has 0 unspecified atom stereocenters. The normalized spacial score (nSPS) is 10.5. The third-order valence-electron chi connectivity index (χ3n) is 4.85. The first kappa shape index (κ1) is 24.8. The molecule has 3 rings (SSSR count). The Morgan fingerprint density at radius 2 is 1.76 bits per heavy atom. The number of hydrogen-bond acceptors (Lipinski definition) is 3. The van der Waals surface area contributed by atoms with E-state index in [9.17, 15) is 9.59 Å². The highest BCUT2D eigenvalue weighted by Gasteiger charge is 2.22. The van der Waals surface area contributed by atoms with Gasteiger partial charge in [0.1, 0.15) is 6.54 Å². The van der Waals surface area contributed by atoms with Crippen molar-refractivity contribution in [3.05, 3.63) is 98.7 Å². The Morgan fingerprint density at radius 1 is 1.00 bits per heavy atom. The first-order valence-corrected chi connectivity index (χ1v) is 11.9. The SMILES string of the molecule is C=CCN(CC(=O)N(Cc1ccccc1)Cc1ccc(C)s1)C(=O)Nc1ccc(Cl)c(Cl)c1. The Labute approximate surface area is 208 Å². The second kappa shape index (κ2) is 11.9. The molecular weight excluding hydrogens is 477 g/mol.